The summed E-state index contributed by atoms with van der Waals surface area (Å²) < 4.78 is 67.5. The van der Waals surface area contributed by atoms with Gasteiger partial charge in [0.1, 0.15) is 0 Å². The van der Waals surface area contributed by atoms with Gasteiger partial charge in [-0.05, 0) is 0 Å². The van der Waals surface area contributed by atoms with Crippen LogP contribution in [0.4, 0.5) is 0 Å². The molecule has 0 spiro atoms. The van der Waals surface area contributed by atoms with Crippen LogP contribution in [0.25, 0.3) is 0 Å². The number of hydrogen-bond donors (Lipinski definition) is 0. The molecule has 12 nitrogen and oxygen atoms in total. The molecule has 0 unspecified atom stereocenters. The average molecular weight is 575 g/mol. The van der Waals surface area contributed by atoms with Gasteiger partial charge in [0.05, 0.1) is 0 Å². The third-order valence-corrected chi connectivity index (χ3v) is 0. The zero-order chi connectivity index (χ0) is 24.0. The maximum absolute atomic E-state index is 7.75. The minimum absolute atomic E-state index is 0. The van der Waals surface area contributed by atoms with E-state index in [4.69, 9.17) is 56.3 Å². The van der Waals surface area contributed by atoms with Gasteiger partial charge in [0, 0.05) is 50.3 Å². The van der Waals surface area contributed by atoms with Crippen LogP contribution in [0.15, 0.2) is 0 Å². The molecule has 0 aliphatic heterocycles. The summed E-state index contributed by atoms with van der Waals surface area (Å²) in [5, 5.41) is 0. The molecule has 0 aliphatic rings. The second-order valence-electron chi connectivity index (χ2n) is 0. The van der Waals surface area contributed by atoms with E-state index in [1.807, 2.05) is 0 Å². The monoisotopic (exact) mass is 575 g/mol. The van der Waals surface area contributed by atoms with Crippen molar-refractivity contribution in [3.63, 3.8) is 0 Å². The molecule has 0 aliphatic carbocycles. The van der Waals surface area contributed by atoms with Crippen LogP contribution < -0.4 is 0 Å². The first-order chi connectivity index (χ1) is 12.0. The summed E-state index contributed by atoms with van der Waals surface area (Å²) in [5.41, 5.74) is 0. The largest absolute Gasteiger partial charge is 2.00 e. The van der Waals surface area contributed by atoms with Crippen molar-refractivity contribution >= 4 is 20.4 Å². The number of carbonyl (C=O) groups excluding carboxylic acids is 3. The number of hydrogen-bond acceptors (Lipinski definition) is 3. The van der Waals surface area contributed by atoms with Crippen LogP contribution in [0.2, 0.25) is 0 Å². The van der Waals surface area contributed by atoms with E-state index in [0.717, 1.165) is 0 Å². The minimum Gasteiger partial charge on any atom is -0.545 e. The Morgan fingerprint density at radius 2 is 0.286 bits per heavy atom. The molecule has 16 heteroatoms. The van der Waals surface area contributed by atoms with Gasteiger partial charge in [-0.3, -0.25) is 20.4 Å². The molecule has 4 radical (unpaired) electrons. The third-order valence-electron chi connectivity index (χ3n) is 0. The normalized spacial score (nSPS) is 1.07. The van der Waals surface area contributed by atoms with E-state index in [-0.39, 0.29) is 67.1 Å². The Kier molecular flexibility index (Phi) is 50700. The Balaban J connectivity index is -0.00000000396. The van der Waals surface area contributed by atoms with Crippen LogP contribution >= 0.6 is 0 Å². The molecule has 0 aromatic carbocycles. The Labute approximate surface area is 203 Å². The van der Waals surface area contributed by atoms with E-state index >= 15 is 0 Å². The van der Waals surface area contributed by atoms with Crippen molar-refractivity contribution in [2.45, 2.75) is 0 Å². The second kappa shape index (κ2) is 9220. The van der Waals surface area contributed by atoms with Gasteiger partial charge in [0.25, 0.3) is 0 Å². The fourth-order valence-electron chi connectivity index (χ4n) is 0. The first kappa shape index (κ1) is 154. The average Bonchev–Trinajstić information content (AvgIpc) is 2.84. The van der Waals surface area contributed by atoms with Gasteiger partial charge < -0.3 is 14.4 Å². The maximum atomic E-state index is 7.75. The van der Waals surface area contributed by atoms with Crippen LogP contribution in [0, 0.1) is 59.9 Å². The molecule has 0 aromatic rings. The zero-order valence-electron chi connectivity index (χ0n) is 12.5. The summed E-state index contributed by atoms with van der Waals surface area (Å²) >= 11 is 0. The third kappa shape index (κ3) is 8150. The molecule has 0 rings (SSSR count). The van der Waals surface area contributed by atoms with E-state index in [0.29, 0.717) is 0 Å². The zero-order valence-corrected chi connectivity index (χ0v) is 16.6. The van der Waals surface area contributed by atoms with Crippen LogP contribution in [0.1, 0.15) is 0 Å². The molecule has 0 atom stereocenters. The summed E-state index contributed by atoms with van der Waals surface area (Å²) in [4.78, 5) is 23.2. The van der Waals surface area contributed by atoms with Crippen LogP contribution in [0.5, 0.6) is 0 Å². The number of rotatable bonds is 0. The summed E-state index contributed by atoms with van der Waals surface area (Å²) in [6.45, 7) is 50.2. The minimum atomic E-state index is 0. The van der Waals surface area contributed by atoms with Gasteiger partial charge in [-0.1, -0.05) is 0 Å². The Morgan fingerprint density at radius 3 is 0.286 bits per heavy atom. The molecular formula is C12H3Co4O12-. The van der Waals surface area contributed by atoms with E-state index in [9.17, 15) is 0 Å². The van der Waals surface area contributed by atoms with Crippen molar-refractivity contribution in [1.29, 1.82) is 0 Å². The van der Waals surface area contributed by atoms with Gasteiger partial charge in [-0.25, -0.2) is 0 Å². The molecule has 0 fully saturated rings. The summed E-state index contributed by atoms with van der Waals surface area (Å²) in [6.07, 6.45) is 0. The predicted octanol–water partition coefficient (Wildman–Crippen LogP) is -1.17. The van der Waals surface area contributed by atoms with Gasteiger partial charge in [-0.15, -0.1) is 0 Å². The fourth-order valence-corrected chi connectivity index (χ4v) is 0. The quantitative estimate of drug-likeness (QED) is 0.198. The summed E-state index contributed by atoms with van der Waals surface area (Å²) in [7, 11) is 0. The van der Waals surface area contributed by atoms with Crippen molar-refractivity contribution in [3.05, 3.63) is 59.9 Å². The first-order valence-corrected chi connectivity index (χ1v) is 2.54. The molecule has 0 aromatic heterocycles. The molecule has 0 heterocycles. The molecule has 28 heavy (non-hydrogen) atoms. The topological polar surface area (TPSA) is 230 Å². The maximum Gasteiger partial charge on any atom is 2.00 e. The first-order valence-electron chi connectivity index (χ1n) is 2.54. The van der Waals surface area contributed by atoms with Crippen molar-refractivity contribution < 1.29 is 123 Å². The molecule has 0 bridgehead atoms. The Morgan fingerprint density at radius 1 is 0.286 bits per heavy atom. The predicted molar refractivity (Wildman–Crippen MR) is 55.6 cm³/mol. The molecule has 160 valence electrons. The molecule has 0 saturated heterocycles. The molecule has 0 N–H and O–H groups in total. The van der Waals surface area contributed by atoms with E-state index in [1.54, 1.807) is 0 Å². The molecule has 0 amide bonds. The van der Waals surface area contributed by atoms with Gasteiger partial charge in [-0.2, -0.15) is 0 Å². The van der Waals surface area contributed by atoms with Gasteiger partial charge >= 0.3 is 119 Å². The Hall–Kier alpha value is -1.30. The van der Waals surface area contributed by atoms with Crippen LogP contribution in [-0.2, 0) is 123 Å². The van der Waals surface area contributed by atoms with Gasteiger partial charge in [0.2, 0.25) is 0 Å². The smallest absolute Gasteiger partial charge is 0.545 e. The Bertz CT molecular complexity index is 202. The van der Waals surface area contributed by atoms with Crippen molar-refractivity contribution in [1.82, 2.24) is 0 Å². The van der Waals surface area contributed by atoms with E-state index in [1.165, 1.54) is 0 Å². The molecular weight excluding hydrogens is 572 g/mol. The second-order valence-corrected chi connectivity index (χ2v) is 0. The van der Waals surface area contributed by atoms with Crippen molar-refractivity contribution in [2.24, 2.45) is 0 Å². The van der Waals surface area contributed by atoms with Crippen molar-refractivity contribution in [3.8, 4) is 0 Å². The summed E-state index contributed by atoms with van der Waals surface area (Å²) in [5.74, 6) is 0. The molecule has 0 saturated carbocycles. The SMILES string of the molecule is [C-]#[O+].[C-]#[O+].[C-]#[O+].[C-]#[O+].[C-]#[O+].[C-]#[O+].[C-]#[O+].[C-]#[O+].[C-]#[O+].[CH-]=O.[CH-]=O.[CH-]=O.[Co+2].[Co].[Co].[Co]. The van der Waals surface area contributed by atoms with Gasteiger partial charge in [0.15, 0.2) is 0 Å². The van der Waals surface area contributed by atoms with E-state index in [2.05, 4.69) is 80.2 Å². The van der Waals surface area contributed by atoms with Crippen LogP contribution in [-0.4, -0.2) is 20.4 Å². The fraction of sp³-hybridized carbons (Fsp3) is 0. The van der Waals surface area contributed by atoms with E-state index < -0.39 is 0 Å². The standard InChI is InChI=1S/3CHO.9CO.4Co/c12*1-2;;;;/h3*1H;;;;;;;;;;;;;/q3*-1;;;;;;;;;;;;;+2. The van der Waals surface area contributed by atoms with Crippen molar-refractivity contribution in [2.75, 3.05) is 0 Å². The summed E-state index contributed by atoms with van der Waals surface area (Å²) in [6, 6.07) is 0. The van der Waals surface area contributed by atoms with Crippen LogP contribution in [0.3, 0.4) is 0 Å².